The summed E-state index contributed by atoms with van der Waals surface area (Å²) in [4.78, 5) is 18.0. The fourth-order valence-corrected chi connectivity index (χ4v) is 2.26. The van der Waals surface area contributed by atoms with Crippen molar-refractivity contribution in [3.8, 4) is 12.3 Å². The molecular formula is C14H25IN4O. The molecule has 114 valence electrons. The number of hydrogen-bond acceptors (Lipinski definition) is 2. The number of carbonyl (C=O) groups is 1. The van der Waals surface area contributed by atoms with Crippen molar-refractivity contribution >= 4 is 35.8 Å². The van der Waals surface area contributed by atoms with Gasteiger partial charge < -0.3 is 15.5 Å². The highest BCUT2D eigenvalue weighted by Crippen LogP contribution is 2.20. The molecule has 0 bridgehead atoms. The molecule has 0 saturated carbocycles. The van der Waals surface area contributed by atoms with E-state index in [4.69, 9.17) is 6.42 Å². The normalized spacial score (nSPS) is 16.1. The lowest BCUT2D eigenvalue weighted by atomic mass is 9.93. The molecule has 0 atom stereocenters. The van der Waals surface area contributed by atoms with Crippen LogP contribution in [-0.4, -0.2) is 50.0 Å². The van der Waals surface area contributed by atoms with E-state index < -0.39 is 0 Å². The van der Waals surface area contributed by atoms with Crippen molar-refractivity contribution in [2.24, 2.45) is 10.9 Å². The maximum absolute atomic E-state index is 11.4. The average molecular weight is 392 g/mol. The number of nitrogens with zero attached hydrogens (tertiary/aromatic N) is 2. The van der Waals surface area contributed by atoms with Crippen LogP contribution in [0.1, 0.15) is 26.2 Å². The van der Waals surface area contributed by atoms with Gasteiger partial charge in [0.1, 0.15) is 6.54 Å². The van der Waals surface area contributed by atoms with Crippen molar-refractivity contribution in [1.82, 2.24) is 15.5 Å². The van der Waals surface area contributed by atoms with E-state index in [0.29, 0.717) is 18.9 Å². The van der Waals surface area contributed by atoms with Crippen LogP contribution >= 0.6 is 24.0 Å². The molecule has 1 aliphatic heterocycles. The van der Waals surface area contributed by atoms with E-state index in [1.165, 1.54) is 0 Å². The Morgan fingerprint density at radius 1 is 1.45 bits per heavy atom. The molecule has 1 fully saturated rings. The van der Waals surface area contributed by atoms with E-state index in [9.17, 15) is 4.79 Å². The molecule has 0 spiro atoms. The van der Waals surface area contributed by atoms with Crippen LogP contribution < -0.4 is 10.6 Å². The number of carbonyl (C=O) groups excluding carboxylic acids is 1. The van der Waals surface area contributed by atoms with E-state index in [1.54, 1.807) is 7.05 Å². The highest BCUT2D eigenvalue weighted by Gasteiger charge is 2.22. The first-order valence-corrected chi connectivity index (χ1v) is 6.88. The van der Waals surface area contributed by atoms with Gasteiger partial charge in [-0.2, -0.15) is 0 Å². The summed E-state index contributed by atoms with van der Waals surface area (Å²) in [5.41, 5.74) is 0. The lowest BCUT2D eigenvalue weighted by Gasteiger charge is -2.34. The summed E-state index contributed by atoms with van der Waals surface area (Å²) in [6, 6.07) is 0. The first-order chi connectivity index (χ1) is 9.21. The molecule has 0 aromatic heterocycles. The lowest BCUT2D eigenvalue weighted by molar-refractivity contribution is -0.121. The number of terminal acetylenes is 1. The van der Waals surface area contributed by atoms with Gasteiger partial charge in [-0.1, -0.05) is 5.92 Å². The van der Waals surface area contributed by atoms with Crippen LogP contribution in [0.3, 0.4) is 0 Å². The number of halogens is 1. The van der Waals surface area contributed by atoms with Crippen molar-refractivity contribution in [3.05, 3.63) is 0 Å². The van der Waals surface area contributed by atoms with E-state index in [0.717, 1.165) is 38.4 Å². The van der Waals surface area contributed by atoms with Gasteiger partial charge in [-0.05, 0) is 25.7 Å². The minimum absolute atomic E-state index is 0. The second kappa shape index (κ2) is 10.8. The summed E-state index contributed by atoms with van der Waals surface area (Å²) in [5, 5.41) is 5.94. The van der Waals surface area contributed by atoms with Crippen molar-refractivity contribution in [2.45, 2.75) is 26.2 Å². The molecule has 2 N–H and O–H groups in total. The van der Waals surface area contributed by atoms with Crippen LogP contribution in [0.15, 0.2) is 4.99 Å². The van der Waals surface area contributed by atoms with Gasteiger partial charge in [-0.15, -0.1) is 30.4 Å². The number of amides is 1. The Morgan fingerprint density at radius 3 is 2.60 bits per heavy atom. The van der Waals surface area contributed by atoms with E-state index in [1.807, 2.05) is 6.92 Å². The number of likely N-dealkylation sites (tertiary alicyclic amines) is 1. The summed E-state index contributed by atoms with van der Waals surface area (Å²) in [6.07, 6.45) is 7.92. The predicted octanol–water partition coefficient (Wildman–Crippen LogP) is 1.05. The maximum Gasteiger partial charge on any atom is 0.220 e. The highest BCUT2D eigenvalue weighted by molar-refractivity contribution is 14.0. The van der Waals surface area contributed by atoms with Gasteiger partial charge in [-0.3, -0.25) is 4.79 Å². The molecule has 5 nitrogen and oxygen atoms in total. The third-order valence-electron chi connectivity index (χ3n) is 3.32. The van der Waals surface area contributed by atoms with Crippen molar-refractivity contribution in [2.75, 3.05) is 33.2 Å². The zero-order chi connectivity index (χ0) is 14.1. The monoisotopic (exact) mass is 392 g/mol. The quantitative estimate of drug-likeness (QED) is 0.326. The van der Waals surface area contributed by atoms with Crippen molar-refractivity contribution in [1.29, 1.82) is 0 Å². The van der Waals surface area contributed by atoms with Crippen LogP contribution in [-0.2, 0) is 4.79 Å². The number of nitrogens with one attached hydrogen (secondary N) is 2. The highest BCUT2D eigenvalue weighted by atomic mass is 127. The Balaban J connectivity index is 0.00000361. The minimum Gasteiger partial charge on any atom is -0.359 e. The van der Waals surface area contributed by atoms with E-state index >= 15 is 0 Å². The maximum atomic E-state index is 11.4. The molecule has 0 unspecified atom stereocenters. The van der Waals surface area contributed by atoms with Crippen LogP contribution in [0.2, 0.25) is 0 Å². The molecule has 0 radical (unpaired) electrons. The van der Waals surface area contributed by atoms with Gasteiger partial charge in [0, 0.05) is 33.1 Å². The topological polar surface area (TPSA) is 56.7 Å². The second-order valence-electron chi connectivity index (χ2n) is 4.68. The number of piperidine rings is 1. The van der Waals surface area contributed by atoms with Gasteiger partial charge >= 0.3 is 0 Å². The van der Waals surface area contributed by atoms with Gasteiger partial charge in [0.05, 0.1) is 0 Å². The Labute approximate surface area is 139 Å². The summed E-state index contributed by atoms with van der Waals surface area (Å²) in [6.45, 7) is 5.14. The first-order valence-electron chi connectivity index (χ1n) is 6.88. The number of hydrogen-bond donors (Lipinski definition) is 2. The molecule has 6 heteroatoms. The van der Waals surface area contributed by atoms with Crippen molar-refractivity contribution in [3.63, 3.8) is 0 Å². The molecule has 0 aromatic rings. The van der Waals surface area contributed by atoms with Crippen molar-refractivity contribution < 1.29 is 4.79 Å². The zero-order valence-electron chi connectivity index (χ0n) is 12.3. The Hall–Kier alpha value is -0.970. The second-order valence-corrected chi connectivity index (χ2v) is 4.68. The fourth-order valence-electron chi connectivity index (χ4n) is 2.26. The van der Waals surface area contributed by atoms with Crippen LogP contribution in [0, 0.1) is 18.3 Å². The summed E-state index contributed by atoms with van der Waals surface area (Å²) in [5.74, 6) is 4.03. The molecular weight excluding hydrogens is 367 g/mol. The molecule has 1 amide bonds. The number of guanidine groups is 1. The molecule has 1 saturated heterocycles. The Morgan fingerprint density at radius 2 is 2.10 bits per heavy atom. The average Bonchev–Trinajstić information content (AvgIpc) is 2.44. The van der Waals surface area contributed by atoms with Gasteiger partial charge in [-0.25, -0.2) is 4.99 Å². The minimum atomic E-state index is 0. The lowest BCUT2D eigenvalue weighted by Crippen LogP contribution is -2.46. The summed E-state index contributed by atoms with van der Waals surface area (Å²) >= 11 is 0. The Bertz CT molecular complexity index is 357. The molecule has 1 aliphatic rings. The van der Waals surface area contributed by atoms with Crippen LogP contribution in [0.5, 0.6) is 0 Å². The third kappa shape index (κ3) is 6.46. The SMILES string of the molecule is C#CCN=C(NCC)N1CCC(CC(=O)NC)CC1.I. The molecule has 0 aromatic carbocycles. The van der Waals surface area contributed by atoms with E-state index in [-0.39, 0.29) is 29.9 Å². The molecule has 1 rings (SSSR count). The van der Waals surface area contributed by atoms with Crippen LogP contribution in [0.4, 0.5) is 0 Å². The number of aliphatic imine (C=N–C) groups is 1. The number of rotatable bonds is 4. The largest absolute Gasteiger partial charge is 0.359 e. The van der Waals surface area contributed by atoms with Gasteiger partial charge in [0.25, 0.3) is 0 Å². The fraction of sp³-hybridized carbons (Fsp3) is 0.714. The molecule has 20 heavy (non-hydrogen) atoms. The first kappa shape index (κ1) is 19.0. The smallest absolute Gasteiger partial charge is 0.220 e. The van der Waals surface area contributed by atoms with E-state index in [2.05, 4.69) is 26.4 Å². The Kier molecular flexibility index (Phi) is 10.3. The predicted molar refractivity (Wildman–Crippen MR) is 93.2 cm³/mol. The standard InChI is InChI=1S/C14H24N4O.HI/c1-4-8-17-14(16-5-2)18-9-6-12(7-10-18)11-13(19)15-3;/h1,12H,5-11H2,2-3H3,(H,15,19)(H,16,17);1H. The van der Waals surface area contributed by atoms with Gasteiger partial charge in [0.2, 0.25) is 5.91 Å². The summed E-state index contributed by atoms with van der Waals surface area (Å²) in [7, 11) is 1.69. The van der Waals surface area contributed by atoms with Crippen LogP contribution in [0.25, 0.3) is 0 Å². The third-order valence-corrected chi connectivity index (χ3v) is 3.32. The summed E-state index contributed by atoms with van der Waals surface area (Å²) < 4.78 is 0. The van der Waals surface area contributed by atoms with Gasteiger partial charge in [0.15, 0.2) is 5.96 Å². The zero-order valence-corrected chi connectivity index (χ0v) is 14.6. The molecule has 1 heterocycles. The molecule has 0 aliphatic carbocycles.